The van der Waals surface area contributed by atoms with Gasteiger partial charge in [-0.1, -0.05) is 24.3 Å². The number of fused-ring (bicyclic) bond motifs is 2. The van der Waals surface area contributed by atoms with Gasteiger partial charge < -0.3 is 4.90 Å². The van der Waals surface area contributed by atoms with Crippen LogP contribution in [0.15, 0.2) is 24.3 Å². The molecule has 0 saturated carbocycles. The van der Waals surface area contributed by atoms with Crippen LogP contribution < -0.4 is 0 Å². The fourth-order valence-corrected chi connectivity index (χ4v) is 2.66. The van der Waals surface area contributed by atoms with Gasteiger partial charge in [-0.25, -0.2) is 4.79 Å². The molecular formula is C13H14N2O2. The van der Waals surface area contributed by atoms with Crippen LogP contribution in [0.25, 0.3) is 0 Å². The summed E-state index contributed by atoms with van der Waals surface area (Å²) in [4.78, 5) is 27.1. The Hall–Kier alpha value is -1.84. The lowest BCUT2D eigenvalue weighted by molar-refractivity contribution is -0.128. The largest absolute Gasteiger partial charge is 0.327 e. The second-order valence-corrected chi connectivity index (χ2v) is 4.48. The highest BCUT2D eigenvalue weighted by Crippen LogP contribution is 2.29. The first kappa shape index (κ1) is 10.3. The van der Waals surface area contributed by atoms with Gasteiger partial charge in [0.25, 0.3) is 5.91 Å². The summed E-state index contributed by atoms with van der Waals surface area (Å²) in [5, 5.41) is 0. The number of hydrogen-bond donors (Lipinski definition) is 0. The van der Waals surface area contributed by atoms with Gasteiger partial charge in [0.15, 0.2) is 0 Å². The minimum absolute atomic E-state index is 0.0491. The third-order valence-electron chi connectivity index (χ3n) is 3.59. The van der Waals surface area contributed by atoms with Crippen molar-refractivity contribution in [1.82, 2.24) is 9.80 Å². The number of urea groups is 1. The van der Waals surface area contributed by atoms with Gasteiger partial charge in [-0.2, -0.15) is 0 Å². The van der Waals surface area contributed by atoms with Gasteiger partial charge in [-0.3, -0.25) is 9.69 Å². The van der Waals surface area contributed by atoms with E-state index in [0.29, 0.717) is 19.5 Å². The third kappa shape index (κ3) is 1.37. The highest BCUT2D eigenvalue weighted by molar-refractivity contribution is 6.04. The van der Waals surface area contributed by atoms with Crippen LogP contribution in [-0.2, 0) is 17.8 Å². The number of hydrogen-bond acceptors (Lipinski definition) is 2. The summed E-state index contributed by atoms with van der Waals surface area (Å²) in [7, 11) is 0. The Bertz CT molecular complexity index is 455. The van der Waals surface area contributed by atoms with Gasteiger partial charge in [0, 0.05) is 19.5 Å². The van der Waals surface area contributed by atoms with Gasteiger partial charge in [0.1, 0.15) is 6.04 Å². The van der Waals surface area contributed by atoms with Crippen LogP contribution in [0.5, 0.6) is 0 Å². The first-order valence-corrected chi connectivity index (χ1v) is 5.91. The number of amides is 3. The van der Waals surface area contributed by atoms with E-state index in [9.17, 15) is 9.59 Å². The molecule has 1 unspecified atom stereocenters. The summed E-state index contributed by atoms with van der Waals surface area (Å²) in [5.41, 5.74) is 2.34. The molecule has 88 valence electrons. The van der Waals surface area contributed by atoms with E-state index >= 15 is 0 Å². The first-order chi connectivity index (χ1) is 8.22. The van der Waals surface area contributed by atoms with Crippen LogP contribution >= 0.6 is 0 Å². The number of nitrogens with zero attached hydrogens (tertiary/aromatic N) is 2. The fraction of sp³-hybridized carbons (Fsp3) is 0.385. The van der Waals surface area contributed by atoms with Crippen LogP contribution in [-0.4, -0.2) is 34.3 Å². The van der Waals surface area contributed by atoms with Crippen molar-refractivity contribution < 1.29 is 9.59 Å². The highest BCUT2D eigenvalue weighted by Gasteiger charge is 2.46. The van der Waals surface area contributed by atoms with Gasteiger partial charge >= 0.3 is 6.03 Å². The van der Waals surface area contributed by atoms with Crippen molar-refractivity contribution in [3.8, 4) is 0 Å². The van der Waals surface area contributed by atoms with E-state index in [2.05, 4.69) is 0 Å². The molecule has 17 heavy (non-hydrogen) atoms. The number of likely N-dealkylation sites (N-methyl/N-ethyl adjacent to an activating group) is 1. The minimum Gasteiger partial charge on any atom is -0.308 e. The Morgan fingerprint density at radius 2 is 1.94 bits per heavy atom. The second kappa shape index (κ2) is 3.58. The van der Waals surface area contributed by atoms with Crippen molar-refractivity contribution >= 4 is 11.9 Å². The van der Waals surface area contributed by atoms with Crippen LogP contribution in [0.3, 0.4) is 0 Å². The summed E-state index contributed by atoms with van der Waals surface area (Å²) < 4.78 is 0. The molecule has 1 atom stereocenters. The van der Waals surface area contributed by atoms with Gasteiger partial charge in [0.05, 0.1) is 0 Å². The van der Waals surface area contributed by atoms with Gasteiger partial charge in [0.2, 0.25) is 0 Å². The first-order valence-electron chi connectivity index (χ1n) is 5.91. The predicted octanol–water partition coefficient (Wildman–Crippen LogP) is 1.40. The topological polar surface area (TPSA) is 40.6 Å². The molecule has 1 saturated heterocycles. The normalized spacial score (nSPS) is 22.8. The third-order valence-corrected chi connectivity index (χ3v) is 3.59. The molecule has 1 fully saturated rings. The Balaban J connectivity index is 1.99. The van der Waals surface area contributed by atoms with E-state index < -0.39 is 0 Å². The van der Waals surface area contributed by atoms with Crippen molar-refractivity contribution in [2.45, 2.75) is 25.9 Å². The Morgan fingerprint density at radius 3 is 2.65 bits per heavy atom. The SMILES string of the molecule is CCN1C(=O)C2Cc3ccccc3CN2C1=O. The maximum absolute atomic E-state index is 12.1. The van der Waals surface area contributed by atoms with E-state index in [-0.39, 0.29) is 18.0 Å². The number of carbonyl (C=O) groups is 2. The molecule has 2 heterocycles. The molecule has 0 spiro atoms. The maximum Gasteiger partial charge on any atom is 0.327 e. The molecule has 2 aliphatic rings. The molecule has 3 rings (SSSR count). The van der Waals surface area contributed by atoms with Crippen molar-refractivity contribution in [3.63, 3.8) is 0 Å². The van der Waals surface area contributed by atoms with E-state index in [4.69, 9.17) is 0 Å². The van der Waals surface area contributed by atoms with E-state index in [1.165, 1.54) is 10.5 Å². The maximum atomic E-state index is 12.1. The smallest absolute Gasteiger partial charge is 0.308 e. The molecule has 3 amide bonds. The lowest BCUT2D eigenvalue weighted by atomic mass is 9.95. The monoisotopic (exact) mass is 230 g/mol. The molecule has 4 heteroatoms. The molecule has 2 aliphatic heterocycles. The molecule has 0 aliphatic carbocycles. The van der Waals surface area contributed by atoms with Gasteiger partial charge in [-0.15, -0.1) is 0 Å². The summed E-state index contributed by atoms with van der Waals surface area (Å²) in [6.45, 7) is 2.85. The van der Waals surface area contributed by atoms with Crippen molar-refractivity contribution in [2.75, 3.05) is 6.54 Å². The number of imide groups is 1. The average Bonchev–Trinajstić information content (AvgIpc) is 2.59. The molecule has 0 N–H and O–H groups in total. The molecule has 0 radical (unpaired) electrons. The number of carbonyl (C=O) groups excluding carboxylic acids is 2. The molecular weight excluding hydrogens is 216 g/mol. The molecule has 1 aromatic rings. The zero-order valence-corrected chi connectivity index (χ0v) is 9.72. The Kier molecular flexibility index (Phi) is 2.18. The second-order valence-electron chi connectivity index (χ2n) is 4.48. The lowest BCUT2D eigenvalue weighted by Gasteiger charge is -2.28. The quantitative estimate of drug-likeness (QED) is 0.684. The van der Waals surface area contributed by atoms with E-state index in [1.807, 2.05) is 31.2 Å². The molecule has 0 bridgehead atoms. The van der Waals surface area contributed by atoms with E-state index in [0.717, 1.165) is 5.56 Å². The Morgan fingerprint density at radius 1 is 1.24 bits per heavy atom. The zero-order chi connectivity index (χ0) is 12.0. The molecule has 1 aromatic carbocycles. The summed E-state index contributed by atoms with van der Waals surface area (Å²) >= 11 is 0. The number of benzene rings is 1. The van der Waals surface area contributed by atoms with Crippen LogP contribution in [0, 0.1) is 0 Å². The van der Waals surface area contributed by atoms with Crippen molar-refractivity contribution in [3.05, 3.63) is 35.4 Å². The minimum atomic E-state index is -0.280. The standard InChI is InChI=1S/C13H14N2O2/c1-2-14-12(16)11-7-9-5-3-4-6-10(9)8-15(11)13(14)17/h3-6,11H,2,7-8H2,1H3. The summed E-state index contributed by atoms with van der Waals surface area (Å²) in [6, 6.07) is 7.60. The summed E-state index contributed by atoms with van der Waals surface area (Å²) in [5.74, 6) is -0.0491. The Labute approximate surface area is 99.8 Å². The lowest BCUT2D eigenvalue weighted by Crippen LogP contribution is -2.39. The van der Waals surface area contributed by atoms with Gasteiger partial charge in [-0.05, 0) is 18.1 Å². The van der Waals surface area contributed by atoms with Crippen molar-refractivity contribution in [1.29, 1.82) is 0 Å². The number of rotatable bonds is 1. The summed E-state index contributed by atoms with van der Waals surface area (Å²) in [6.07, 6.45) is 0.650. The predicted molar refractivity (Wildman–Crippen MR) is 62.3 cm³/mol. The molecule has 4 nitrogen and oxygen atoms in total. The average molecular weight is 230 g/mol. The fourth-order valence-electron chi connectivity index (χ4n) is 2.66. The van der Waals surface area contributed by atoms with Crippen molar-refractivity contribution in [2.24, 2.45) is 0 Å². The van der Waals surface area contributed by atoms with Crippen LogP contribution in [0.4, 0.5) is 4.79 Å². The zero-order valence-electron chi connectivity index (χ0n) is 9.72. The van der Waals surface area contributed by atoms with Crippen LogP contribution in [0.1, 0.15) is 18.1 Å². The molecule has 0 aromatic heterocycles. The van der Waals surface area contributed by atoms with Crippen LogP contribution in [0.2, 0.25) is 0 Å². The highest BCUT2D eigenvalue weighted by atomic mass is 16.2. The van der Waals surface area contributed by atoms with E-state index in [1.54, 1.807) is 4.90 Å².